The number of aromatic nitrogens is 1. The summed E-state index contributed by atoms with van der Waals surface area (Å²) in [6, 6.07) is 19.2. The number of benzene rings is 2. The molecule has 0 unspecified atom stereocenters. The zero-order valence-electron chi connectivity index (χ0n) is 15.6. The van der Waals surface area contributed by atoms with Gasteiger partial charge in [0.2, 0.25) is 0 Å². The number of carbonyl (C=O) groups is 1. The largest absolute Gasteiger partial charge is 0.349 e. The number of rotatable bonds is 3. The van der Waals surface area contributed by atoms with Crippen molar-refractivity contribution >= 4 is 34.8 Å². The van der Waals surface area contributed by atoms with Crippen LogP contribution in [0.2, 0.25) is 5.02 Å². The maximum absolute atomic E-state index is 12.9. The van der Waals surface area contributed by atoms with Gasteiger partial charge in [0, 0.05) is 36.5 Å². The fourth-order valence-electron chi connectivity index (χ4n) is 3.33. The highest BCUT2D eigenvalue weighted by molar-refractivity contribution is 6.30. The van der Waals surface area contributed by atoms with Gasteiger partial charge in [0.1, 0.15) is 0 Å². The van der Waals surface area contributed by atoms with Crippen LogP contribution in [0.25, 0.3) is 0 Å². The number of anilines is 3. The number of fused-ring (bicyclic) bond motifs is 1. The number of nitrogens with one attached hydrogen (secondary N) is 1. The van der Waals surface area contributed by atoms with Crippen LogP contribution in [0.5, 0.6) is 0 Å². The lowest BCUT2D eigenvalue weighted by Crippen LogP contribution is -2.46. The quantitative estimate of drug-likeness (QED) is 0.674. The van der Waals surface area contributed by atoms with Gasteiger partial charge in [0.15, 0.2) is 5.82 Å². The molecule has 2 amide bonds. The van der Waals surface area contributed by atoms with Gasteiger partial charge >= 0.3 is 6.03 Å². The predicted molar refractivity (Wildman–Crippen MR) is 114 cm³/mol. The molecule has 1 aromatic heterocycles. The van der Waals surface area contributed by atoms with Crippen molar-refractivity contribution < 1.29 is 4.79 Å². The number of amides is 2. The highest BCUT2D eigenvalue weighted by Gasteiger charge is 2.27. The maximum Gasteiger partial charge on any atom is 0.326 e. The summed E-state index contributed by atoms with van der Waals surface area (Å²) in [6.07, 6.45) is 1.76. The van der Waals surface area contributed by atoms with Gasteiger partial charge in [0.25, 0.3) is 0 Å². The molecule has 142 valence electrons. The monoisotopic (exact) mass is 392 g/mol. The molecule has 0 bridgehead atoms. The van der Waals surface area contributed by atoms with Crippen LogP contribution in [-0.4, -0.2) is 24.1 Å². The van der Waals surface area contributed by atoms with E-state index in [1.807, 2.05) is 24.3 Å². The molecule has 3 aromatic rings. The van der Waals surface area contributed by atoms with E-state index in [4.69, 9.17) is 11.6 Å². The Bertz CT molecular complexity index is 990. The number of nitrogens with zero attached hydrogens (tertiary/aromatic N) is 3. The highest BCUT2D eigenvalue weighted by atomic mass is 35.5. The molecule has 1 N–H and O–H groups in total. The molecule has 0 saturated carbocycles. The lowest BCUT2D eigenvalue weighted by atomic mass is 10.1. The first kappa shape index (κ1) is 18.3. The SMILES string of the molecule is Cc1ccc(CN2CCN(C(=O)Nc3cccc(Cl)c3)c3cccnc32)cc1. The van der Waals surface area contributed by atoms with Crippen LogP contribution in [0.15, 0.2) is 66.9 Å². The van der Waals surface area contributed by atoms with Gasteiger partial charge in [-0.05, 0) is 42.8 Å². The van der Waals surface area contributed by atoms with Gasteiger partial charge in [-0.1, -0.05) is 47.5 Å². The lowest BCUT2D eigenvalue weighted by molar-refractivity contribution is 0.256. The highest BCUT2D eigenvalue weighted by Crippen LogP contribution is 2.32. The summed E-state index contributed by atoms with van der Waals surface area (Å²) in [6.45, 7) is 4.13. The van der Waals surface area contributed by atoms with Gasteiger partial charge in [0.05, 0.1) is 5.69 Å². The summed E-state index contributed by atoms with van der Waals surface area (Å²) in [5, 5.41) is 3.51. The summed E-state index contributed by atoms with van der Waals surface area (Å²) < 4.78 is 0. The molecule has 28 heavy (non-hydrogen) atoms. The van der Waals surface area contributed by atoms with E-state index in [1.165, 1.54) is 11.1 Å². The smallest absolute Gasteiger partial charge is 0.326 e. The Morgan fingerprint density at radius 3 is 2.71 bits per heavy atom. The van der Waals surface area contributed by atoms with Gasteiger partial charge in [-0.15, -0.1) is 0 Å². The van der Waals surface area contributed by atoms with Crippen molar-refractivity contribution in [3.05, 3.63) is 83.0 Å². The topological polar surface area (TPSA) is 48.5 Å². The molecule has 0 atom stereocenters. The molecule has 0 aliphatic carbocycles. The van der Waals surface area contributed by atoms with E-state index in [-0.39, 0.29) is 6.03 Å². The van der Waals surface area contributed by atoms with E-state index >= 15 is 0 Å². The maximum atomic E-state index is 12.9. The number of halogens is 1. The average molecular weight is 393 g/mol. The number of aryl methyl sites for hydroxylation is 1. The Labute approximate surface area is 169 Å². The van der Waals surface area contributed by atoms with Crippen molar-refractivity contribution in [1.29, 1.82) is 0 Å². The van der Waals surface area contributed by atoms with Gasteiger partial charge in [-0.3, -0.25) is 4.90 Å². The standard InChI is InChI=1S/C22H21ClN4O/c1-16-7-9-17(10-8-16)15-26-12-13-27(20-6-3-11-24-21(20)26)22(28)25-19-5-2-4-18(23)14-19/h2-11,14H,12-13,15H2,1H3,(H,25,28). The second-order valence-electron chi connectivity index (χ2n) is 6.85. The Balaban J connectivity index is 1.55. The van der Waals surface area contributed by atoms with Crippen molar-refractivity contribution in [2.24, 2.45) is 0 Å². The molecule has 0 fully saturated rings. The molecule has 4 rings (SSSR count). The third-order valence-corrected chi connectivity index (χ3v) is 5.00. The zero-order chi connectivity index (χ0) is 19.5. The van der Waals surface area contributed by atoms with Gasteiger partial charge in [-0.25, -0.2) is 9.78 Å². The fraction of sp³-hybridized carbons (Fsp3) is 0.182. The van der Waals surface area contributed by atoms with Crippen LogP contribution in [0.4, 0.5) is 22.0 Å². The normalized spacial score (nSPS) is 13.2. The number of carbonyl (C=O) groups excluding carboxylic acids is 1. The number of hydrogen-bond donors (Lipinski definition) is 1. The van der Waals surface area contributed by atoms with Crippen LogP contribution < -0.4 is 15.1 Å². The molecular formula is C22H21ClN4O. The van der Waals surface area contributed by atoms with E-state index < -0.39 is 0 Å². The molecule has 0 spiro atoms. The summed E-state index contributed by atoms with van der Waals surface area (Å²) in [4.78, 5) is 21.4. The molecule has 6 heteroatoms. The molecular weight excluding hydrogens is 372 g/mol. The second-order valence-corrected chi connectivity index (χ2v) is 7.28. The number of hydrogen-bond acceptors (Lipinski definition) is 3. The summed E-state index contributed by atoms with van der Waals surface area (Å²) in [7, 11) is 0. The van der Waals surface area contributed by atoms with Crippen molar-refractivity contribution in [1.82, 2.24) is 4.98 Å². The minimum absolute atomic E-state index is 0.188. The Hall–Kier alpha value is -3.05. The zero-order valence-corrected chi connectivity index (χ0v) is 16.4. The second kappa shape index (κ2) is 7.90. The summed E-state index contributed by atoms with van der Waals surface area (Å²) >= 11 is 6.02. The molecule has 2 heterocycles. The minimum Gasteiger partial charge on any atom is -0.349 e. The summed E-state index contributed by atoms with van der Waals surface area (Å²) in [5.74, 6) is 0.815. The Morgan fingerprint density at radius 1 is 1.11 bits per heavy atom. The minimum atomic E-state index is -0.188. The Kier molecular flexibility index (Phi) is 5.17. The first-order valence-electron chi connectivity index (χ1n) is 9.20. The van der Waals surface area contributed by atoms with E-state index in [0.29, 0.717) is 23.8 Å². The van der Waals surface area contributed by atoms with Crippen LogP contribution in [0.1, 0.15) is 11.1 Å². The Morgan fingerprint density at radius 2 is 1.93 bits per heavy atom. The van der Waals surface area contributed by atoms with E-state index in [2.05, 4.69) is 46.4 Å². The van der Waals surface area contributed by atoms with Crippen molar-refractivity contribution in [3.63, 3.8) is 0 Å². The van der Waals surface area contributed by atoms with Gasteiger partial charge < -0.3 is 10.2 Å². The van der Waals surface area contributed by atoms with Crippen molar-refractivity contribution in [2.75, 3.05) is 28.2 Å². The predicted octanol–water partition coefficient (Wildman–Crippen LogP) is 5.10. The third kappa shape index (κ3) is 3.94. The number of pyridine rings is 1. The van der Waals surface area contributed by atoms with Crippen LogP contribution >= 0.6 is 11.6 Å². The van der Waals surface area contributed by atoms with Crippen LogP contribution in [-0.2, 0) is 6.54 Å². The van der Waals surface area contributed by atoms with Crippen LogP contribution in [0.3, 0.4) is 0 Å². The van der Waals surface area contributed by atoms with Crippen molar-refractivity contribution in [2.45, 2.75) is 13.5 Å². The molecule has 1 aliphatic heterocycles. The average Bonchev–Trinajstić information content (AvgIpc) is 2.70. The van der Waals surface area contributed by atoms with E-state index in [1.54, 1.807) is 23.2 Å². The molecule has 1 aliphatic rings. The van der Waals surface area contributed by atoms with Crippen LogP contribution in [0, 0.1) is 6.92 Å². The molecule has 0 saturated heterocycles. The summed E-state index contributed by atoms with van der Waals surface area (Å²) in [5.41, 5.74) is 3.94. The fourth-order valence-corrected chi connectivity index (χ4v) is 3.52. The third-order valence-electron chi connectivity index (χ3n) is 4.77. The van der Waals surface area contributed by atoms with Gasteiger partial charge in [-0.2, -0.15) is 0 Å². The molecule has 0 radical (unpaired) electrons. The van der Waals surface area contributed by atoms with E-state index in [0.717, 1.165) is 18.1 Å². The lowest BCUT2D eigenvalue weighted by Gasteiger charge is -2.36. The molecule has 5 nitrogen and oxygen atoms in total. The van der Waals surface area contributed by atoms with E-state index in [9.17, 15) is 4.79 Å². The first-order valence-corrected chi connectivity index (χ1v) is 9.57. The van der Waals surface area contributed by atoms with Crippen molar-refractivity contribution in [3.8, 4) is 0 Å². The number of urea groups is 1. The molecule has 2 aromatic carbocycles. The first-order chi connectivity index (χ1) is 13.6.